The van der Waals surface area contributed by atoms with Gasteiger partial charge in [-0.2, -0.15) is 0 Å². The Hall–Kier alpha value is -1.42. The minimum absolute atomic E-state index is 0.340. The molecule has 76 valence electrons. The van der Waals surface area contributed by atoms with Crippen molar-refractivity contribution in [3.05, 3.63) is 41.2 Å². The summed E-state index contributed by atoms with van der Waals surface area (Å²) in [5.41, 5.74) is 2.55. The SMILES string of the molecule is c1cnc2c(c1)CCC2Nc1nccs1. The van der Waals surface area contributed by atoms with Crippen LogP contribution in [0.2, 0.25) is 0 Å². The van der Waals surface area contributed by atoms with E-state index in [1.165, 1.54) is 11.3 Å². The van der Waals surface area contributed by atoms with Crippen LogP contribution in [-0.2, 0) is 6.42 Å². The summed E-state index contributed by atoms with van der Waals surface area (Å²) in [7, 11) is 0. The molecule has 1 N–H and O–H groups in total. The molecule has 0 aliphatic heterocycles. The number of aromatic nitrogens is 2. The zero-order valence-electron chi connectivity index (χ0n) is 8.18. The first kappa shape index (κ1) is 8.85. The lowest BCUT2D eigenvalue weighted by Crippen LogP contribution is -2.08. The number of pyridine rings is 1. The summed E-state index contributed by atoms with van der Waals surface area (Å²) in [4.78, 5) is 8.67. The number of hydrogen-bond donors (Lipinski definition) is 1. The molecule has 0 radical (unpaired) electrons. The third-order valence-corrected chi connectivity index (χ3v) is 3.39. The molecular formula is C11H11N3S. The number of anilines is 1. The fourth-order valence-electron chi connectivity index (χ4n) is 2.00. The van der Waals surface area contributed by atoms with Gasteiger partial charge in [0.05, 0.1) is 11.7 Å². The Morgan fingerprint density at radius 3 is 3.20 bits per heavy atom. The summed E-state index contributed by atoms with van der Waals surface area (Å²) in [5.74, 6) is 0. The molecule has 1 aliphatic carbocycles. The van der Waals surface area contributed by atoms with Gasteiger partial charge < -0.3 is 5.32 Å². The molecule has 0 spiro atoms. The lowest BCUT2D eigenvalue weighted by atomic mass is 10.2. The van der Waals surface area contributed by atoms with Crippen molar-refractivity contribution in [2.24, 2.45) is 0 Å². The van der Waals surface area contributed by atoms with E-state index in [0.29, 0.717) is 6.04 Å². The Labute approximate surface area is 92.2 Å². The molecule has 2 heterocycles. The Morgan fingerprint density at radius 2 is 2.33 bits per heavy atom. The number of rotatable bonds is 2. The minimum Gasteiger partial charge on any atom is -0.353 e. The van der Waals surface area contributed by atoms with Crippen molar-refractivity contribution in [1.82, 2.24) is 9.97 Å². The van der Waals surface area contributed by atoms with E-state index in [2.05, 4.69) is 21.4 Å². The predicted molar refractivity (Wildman–Crippen MR) is 61.0 cm³/mol. The van der Waals surface area contributed by atoms with Crippen LogP contribution in [0.25, 0.3) is 0 Å². The highest BCUT2D eigenvalue weighted by atomic mass is 32.1. The first-order chi connectivity index (χ1) is 7.43. The van der Waals surface area contributed by atoms with Gasteiger partial charge in [-0.3, -0.25) is 4.98 Å². The lowest BCUT2D eigenvalue weighted by molar-refractivity contribution is 0.745. The van der Waals surface area contributed by atoms with Crippen molar-refractivity contribution in [3.63, 3.8) is 0 Å². The molecule has 2 aromatic heterocycles. The topological polar surface area (TPSA) is 37.8 Å². The van der Waals surface area contributed by atoms with Gasteiger partial charge in [0.1, 0.15) is 0 Å². The van der Waals surface area contributed by atoms with Crippen LogP contribution >= 0.6 is 11.3 Å². The summed E-state index contributed by atoms with van der Waals surface area (Å²) in [6.45, 7) is 0. The summed E-state index contributed by atoms with van der Waals surface area (Å²) in [6.07, 6.45) is 5.92. The molecular weight excluding hydrogens is 206 g/mol. The van der Waals surface area contributed by atoms with Crippen LogP contribution in [0, 0.1) is 0 Å². The minimum atomic E-state index is 0.340. The van der Waals surface area contributed by atoms with Crippen LogP contribution in [0.5, 0.6) is 0 Å². The van der Waals surface area contributed by atoms with Crippen molar-refractivity contribution in [1.29, 1.82) is 0 Å². The number of nitrogens with one attached hydrogen (secondary N) is 1. The van der Waals surface area contributed by atoms with Crippen LogP contribution in [0.3, 0.4) is 0 Å². The molecule has 4 heteroatoms. The van der Waals surface area contributed by atoms with Crippen LogP contribution in [0.1, 0.15) is 23.7 Å². The highest BCUT2D eigenvalue weighted by Gasteiger charge is 2.23. The second-order valence-corrected chi connectivity index (χ2v) is 4.52. The van der Waals surface area contributed by atoms with E-state index in [4.69, 9.17) is 0 Å². The Kier molecular flexibility index (Phi) is 2.14. The van der Waals surface area contributed by atoms with Gasteiger partial charge >= 0.3 is 0 Å². The van der Waals surface area contributed by atoms with Gasteiger partial charge in [0, 0.05) is 17.8 Å². The summed E-state index contributed by atoms with van der Waals surface area (Å²) < 4.78 is 0. The van der Waals surface area contributed by atoms with Gasteiger partial charge in [0.25, 0.3) is 0 Å². The van der Waals surface area contributed by atoms with Crippen LogP contribution in [0.4, 0.5) is 5.13 Å². The quantitative estimate of drug-likeness (QED) is 0.840. The molecule has 1 atom stereocenters. The zero-order valence-corrected chi connectivity index (χ0v) is 9.00. The molecule has 1 unspecified atom stereocenters. The molecule has 0 fully saturated rings. The van der Waals surface area contributed by atoms with E-state index in [1.807, 2.05) is 23.8 Å². The fourth-order valence-corrected chi connectivity index (χ4v) is 2.58. The van der Waals surface area contributed by atoms with Crippen molar-refractivity contribution in [2.45, 2.75) is 18.9 Å². The molecule has 2 aromatic rings. The van der Waals surface area contributed by atoms with Crippen LogP contribution < -0.4 is 5.32 Å². The molecule has 0 saturated carbocycles. The normalized spacial score (nSPS) is 18.8. The molecule has 15 heavy (non-hydrogen) atoms. The molecule has 0 amide bonds. The average molecular weight is 217 g/mol. The molecule has 0 saturated heterocycles. The summed E-state index contributed by atoms with van der Waals surface area (Å²) in [6, 6.07) is 4.50. The fraction of sp³-hybridized carbons (Fsp3) is 0.273. The molecule has 0 aromatic carbocycles. The van der Waals surface area contributed by atoms with Gasteiger partial charge in [-0.15, -0.1) is 11.3 Å². The molecule has 0 bridgehead atoms. The van der Waals surface area contributed by atoms with E-state index in [1.54, 1.807) is 11.3 Å². The van der Waals surface area contributed by atoms with Crippen LogP contribution in [0.15, 0.2) is 29.9 Å². The monoisotopic (exact) mass is 217 g/mol. The number of thiazole rings is 1. The Balaban J connectivity index is 1.85. The highest BCUT2D eigenvalue weighted by Crippen LogP contribution is 2.32. The van der Waals surface area contributed by atoms with Crippen molar-refractivity contribution in [3.8, 4) is 0 Å². The third-order valence-electron chi connectivity index (χ3n) is 2.69. The molecule has 3 rings (SSSR count). The maximum absolute atomic E-state index is 4.44. The average Bonchev–Trinajstić information content (AvgIpc) is 2.89. The predicted octanol–water partition coefficient (Wildman–Crippen LogP) is 2.64. The maximum Gasteiger partial charge on any atom is 0.183 e. The standard InChI is InChI=1S/C11H11N3S/c1-2-8-3-4-9(10(8)12-5-1)14-11-13-6-7-15-11/h1-2,5-7,9H,3-4H2,(H,13,14). The zero-order chi connectivity index (χ0) is 10.1. The van der Waals surface area contributed by atoms with E-state index in [-0.39, 0.29) is 0 Å². The van der Waals surface area contributed by atoms with E-state index >= 15 is 0 Å². The number of aryl methyl sites for hydroxylation is 1. The first-order valence-corrected chi connectivity index (χ1v) is 5.91. The smallest absolute Gasteiger partial charge is 0.183 e. The lowest BCUT2D eigenvalue weighted by Gasteiger charge is -2.11. The van der Waals surface area contributed by atoms with Crippen LogP contribution in [-0.4, -0.2) is 9.97 Å². The Morgan fingerprint density at radius 1 is 1.33 bits per heavy atom. The summed E-state index contributed by atoms with van der Waals surface area (Å²) >= 11 is 1.63. The number of fused-ring (bicyclic) bond motifs is 1. The van der Waals surface area contributed by atoms with Gasteiger partial charge in [-0.1, -0.05) is 6.07 Å². The molecule has 1 aliphatic rings. The largest absolute Gasteiger partial charge is 0.353 e. The van der Waals surface area contributed by atoms with Gasteiger partial charge in [-0.05, 0) is 24.5 Å². The van der Waals surface area contributed by atoms with E-state index < -0.39 is 0 Å². The number of hydrogen-bond acceptors (Lipinski definition) is 4. The third kappa shape index (κ3) is 1.61. The van der Waals surface area contributed by atoms with E-state index in [9.17, 15) is 0 Å². The highest BCUT2D eigenvalue weighted by molar-refractivity contribution is 7.13. The van der Waals surface area contributed by atoms with Crippen molar-refractivity contribution < 1.29 is 0 Å². The van der Waals surface area contributed by atoms with Crippen molar-refractivity contribution >= 4 is 16.5 Å². The second-order valence-electron chi connectivity index (χ2n) is 3.62. The van der Waals surface area contributed by atoms with Crippen molar-refractivity contribution in [2.75, 3.05) is 5.32 Å². The second kappa shape index (κ2) is 3.62. The summed E-state index contributed by atoms with van der Waals surface area (Å²) in [5, 5.41) is 6.39. The van der Waals surface area contributed by atoms with Gasteiger partial charge in [0.2, 0.25) is 0 Å². The van der Waals surface area contributed by atoms with E-state index in [0.717, 1.165) is 18.0 Å². The molecule has 3 nitrogen and oxygen atoms in total. The Bertz CT molecular complexity index is 453. The van der Waals surface area contributed by atoms with Gasteiger partial charge in [-0.25, -0.2) is 4.98 Å². The van der Waals surface area contributed by atoms with Gasteiger partial charge in [0.15, 0.2) is 5.13 Å². The first-order valence-electron chi connectivity index (χ1n) is 5.03. The maximum atomic E-state index is 4.44. The number of nitrogens with zero attached hydrogens (tertiary/aromatic N) is 2.